The highest BCUT2D eigenvalue weighted by Gasteiger charge is 2.25. The van der Waals surface area contributed by atoms with Crippen molar-refractivity contribution in [1.82, 2.24) is 4.90 Å². The lowest BCUT2D eigenvalue weighted by molar-refractivity contribution is 0.286. The summed E-state index contributed by atoms with van der Waals surface area (Å²) in [5.41, 5.74) is 0.844. The average molecular weight is 335 g/mol. The molecular weight excluding hydrogens is 316 g/mol. The second-order valence-electron chi connectivity index (χ2n) is 5.56. The van der Waals surface area contributed by atoms with Gasteiger partial charge in [-0.1, -0.05) is 36.6 Å². The minimum absolute atomic E-state index is 0.465. The summed E-state index contributed by atoms with van der Waals surface area (Å²) in [4.78, 5) is 2.23. The number of hydrogen-bond acceptors (Lipinski definition) is 2. The molecule has 0 aliphatic heterocycles. The molecule has 1 aliphatic rings. The van der Waals surface area contributed by atoms with E-state index in [0.717, 1.165) is 11.4 Å². The van der Waals surface area contributed by atoms with Gasteiger partial charge < -0.3 is 14.6 Å². The number of rotatable bonds is 4. The number of halogens is 1. The molecular formula is C17H19ClN2OS. The molecule has 1 N–H and O–H groups in total. The maximum absolute atomic E-state index is 6.22. The van der Waals surface area contributed by atoms with Gasteiger partial charge in [0.25, 0.3) is 0 Å². The number of furan rings is 1. The van der Waals surface area contributed by atoms with Gasteiger partial charge in [-0.05, 0) is 49.3 Å². The van der Waals surface area contributed by atoms with E-state index in [1.54, 1.807) is 6.26 Å². The standard InChI is InChI=1S/C17H19ClN2OS/c18-15-9-3-4-10-16(15)19-17(22)20(13-6-1-2-7-13)12-14-8-5-11-21-14/h3-5,8-11,13H,1-2,6-7,12H2,(H,19,22). The SMILES string of the molecule is S=C(Nc1ccccc1Cl)N(Cc1ccco1)C1CCCC1. The molecule has 5 heteroatoms. The van der Waals surface area contributed by atoms with Gasteiger partial charge in [0.2, 0.25) is 0 Å². The van der Waals surface area contributed by atoms with Crippen molar-refractivity contribution in [3.05, 3.63) is 53.4 Å². The largest absolute Gasteiger partial charge is 0.467 e. The van der Waals surface area contributed by atoms with Crippen LogP contribution in [0.15, 0.2) is 47.1 Å². The van der Waals surface area contributed by atoms with Gasteiger partial charge in [0.1, 0.15) is 5.76 Å². The van der Waals surface area contributed by atoms with Crippen LogP contribution in [0.2, 0.25) is 5.02 Å². The van der Waals surface area contributed by atoms with Gasteiger partial charge >= 0.3 is 0 Å². The lowest BCUT2D eigenvalue weighted by Crippen LogP contribution is -2.40. The fourth-order valence-corrected chi connectivity index (χ4v) is 3.41. The summed E-state index contributed by atoms with van der Waals surface area (Å²) in [6.45, 7) is 0.688. The summed E-state index contributed by atoms with van der Waals surface area (Å²) in [7, 11) is 0. The van der Waals surface area contributed by atoms with E-state index in [0.29, 0.717) is 22.7 Å². The van der Waals surface area contributed by atoms with Crippen molar-refractivity contribution in [2.75, 3.05) is 5.32 Å². The number of thiocarbonyl (C=S) groups is 1. The van der Waals surface area contributed by atoms with Crippen molar-refractivity contribution < 1.29 is 4.42 Å². The van der Waals surface area contributed by atoms with Gasteiger partial charge in [-0.25, -0.2) is 0 Å². The maximum Gasteiger partial charge on any atom is 0.174 e. The molecule has 3 nitrogen and oxygen atoms in total. The summed E-state index contributed by atoms with van der Waals surface area (Å²) < 4.78 is 5.49. The Balaban J connectivity index is 1.75. The zero-order chi connectivity index (χ0) is 15.4. The monoisotopic (exact) mass is 334 g/mol. The molecule has 0 radical (unpaired) electrons. The van der Waals surface area contributed by atoms with E-state index < -0.39 is 0 Å². The smallest absolute Gasteiger partial charge is 0.174 e. The molecule has 1 fully saturated rings. The molecule has 1 aromatic heterocycles. The minimum atomic E-state index is 0.465. The number of anilines is 1. The summed E-state index contributed by atoms with van der Waals surface area (Å²) >= 11 is 11.9. The Morgan fingerprint density at radius 1 is 1.23 bits per heavy atom. The van der Waals surface area contributed by atoms with Gasteiger partial charge in [0.15, 0.2) is 5.11 Å². The molecule has 3 rings (SSSR count). The number of benzene rings is 1. The first kappa shape index (κ1) is 15.4. The highest BCUT2D eigenvalue weighted by Crippen LogP contribution is 2.27. The van der Waals surface area contributed by atoms with E-state index in [9.17, 15) is 0 Å². The van der Waals surface area contributed by atoms with Crippen molar-refractivity contribution in [2.24, 2.45) is 0 Å². The Morgan fingerprint density at radius 2 is 2.00 bits per heavy atom. The molecule has 1 aliphatic carbocycles. The summed E-state index contributed by atoms with van der Waals surface area (Å²) in [5.74, 6) is 0.926. The molecule has 22 heavy (non-hydrogen) atoms. The van der Waals surface area contributed by atoms with E-state index >= 15 is 0 Å². The van der Waals surface area contributed by atoms with Crippen molar-refractivity contribution in [2.45, 2.75) is 38.3 Å². The lowest BCUT2D eigenvalue weighted by Gasteiger charge is -2.31. The summed E-state index contributed by atoms with van der Waals surface area (Å²) in [5, 5.41) is 4.66. The third-order valence-corrected chi connectivity index (χ3v) is 4.71. The number of nitrogens with one attached hydrogen (secondary N) is 1. The first-order chi connectivity index (χ1) is 10.7. The summed E-state index contributed by atoms with van der Waals surface area (Å²) in [6, 6.07) is 12.0. The molecule has 0 amide bonds. The van der Waals surface area contributed by atoms with Crippen molar-refractivity contribution in [3.8, 4) is 0 Å². The van der Waals surface area contributed by atoms with Crippen LogP contribution < -0.4 is 5.32 Å². The van der Waals surface area contributed by atoms with Gasteiger partial charge in [-0.3, -0.25) is 0 Å². The van der Waals surface area contributed by atoms with E-state index in [2.05, 4.69) is 10.2 Å². The molecule has 0 bridgehead atoms. The second-order valence-corrected chi connectivity index (χ2v) is 6.35. The normalized spacial score (nSPS) is 15.0. The Morgan fingerprint density at radius 3 is 2.68 bits per heavy atom. The maximum atomic E-state index is 6.22. The van der Waals surface area contributed by atoms with E-state index in [4.69, 9.17) is 28.2 Å². The van der Waals surface area contributed by atoms with Crippen LogP contribution in [0.3, 0.4) is 0 Å². The molecule has 2 aromatic rings. The summed E-state index contributed by atoms with van der Waals surface area (Å²) in [6.07, 6.45) is 6.56. The quantitative estimate of drug-likeness (QED) is 0.790. The van der Waals surface area contributed by atoms with Gasteiger partial charge in [-0.15, -0.1) is 0 Å². The van der Waals surface area contributed by atoms with Crippen LogP contribution in [0.25, 0.3) is 0 Å². The highest BCUT2D eigenvalue weighted by molar-refractivity contribution is 7.80. The lowest BCUT2D eigenvalue weighted by atomic mass is 10.2. The Labute approximate surface area is 141 Å². The Hall–Kier alpha value is -1.52. The van der Waals surface area contributed by atoms with Crippen LogP contribution in [-0.2, 0) is 6.54 Å². The van der Waals surface area contributed by atoms with Crippen LogP contribution in [0.5, 0.6) is 0 Å². The van der Waals surface area contributed by atoms with Crippen LogP contribution in [0.1, 0.15) is 31.4 Å². The van der Waals surface area contributed by atoms with Crippen molar-refractivity contribution in [1.29, 1.82) is 0 Å². The van der Waals surface area contributed by atoms with E-state index in [1.807, 2.05) is 36.4 Å². The predicted molar refractivity (Wildman–Crippen MR) is 94.2 cm³/mol. The molecule has 0 unspecified atom stereocenters. The topological polar surface area (TPSA) is 28.4 Å². The minimum Gasteiger partial charge on any atom is -0.467 e. The molecule has 116 valence electrons. The fraction of sp³-hybridized carbons (Fsp3) is 0.353. The van der Waals surface area contributed by atoms with Gasteiger partial charge in [0.05, 0.1) is 23.5 Å². The fourth-order valence-electron chi connectivity index (χ4n) is 2.90. The van der Waals surface area contributed by atoms with Crippen molar-refractivity contribution >= 4 is 34.6 Å². The molecule has 0 atom stereocenters. The average Bonchev–Trinajstić information content (AvgIpc) is 3.20. The molecule has 0 saturated heterocycles. The zero-order valence-corrected chi connectivity index (χ0v) is 13.9. The van der Waals surface area contributed by atoms with Gasteiger partial charge in [0, 0.05) is 6.04 Å². The zero-order valence-electron chi connectivity index (χ0n) is 12.3. The van der Waals surface area contributed by atoms with Crippen LogP contribution in [0, 0.1) is 0 Å². The predicted octanol–water partition coefficient (Wildman–Crippen LogP) is 5.07. The molecule has 0 spiro atoms. The third-order valence-electron chi connectivity index (χ3n) is 4.05. The molecule has 1 saturated carbocycles. The second kappa shape index (κ2) is 7.16. The van der Waals surface area contributed by atoms with Crippen LogP contribution >= 0.6 is 23.8 Å². The van der Waals surface area contributed by atoms with Crippen LogP contribution in [0.4, 0.5) is 5.69 Å². The van der Waals surface area contributed by atoms with Crippen LogP contribution in [-0.4, -0.2) is 16.1 Å². The highest BCUT2D eigenvalue weighted by atomic mass is 35.5. The third kappa shape index (κ3) is 3.62. The Bertz CT molecular complexity index is 623. The number of para-hydroxylation sites is 1. The molecule has 1 heterocycles. The molecule has 1 aromatic carbocycles. The van der Waals surface area contributed by atoms with E-state index in [1.165, 1.54) is 25.7 Å². The number of hydrogen-bond donors (Lipinski definition) is 1. The first-order valence-corrected chi connectivity index (χ1v) is 8.37. The van der Waals surface area contributed by atoms with Crippen molar-refractivity contribution in [3.63, 3.8) is 0 Å². The van der Waals surface area contributed by atoms with E-state index in [-0.39, 0.29) is 0 Å². The van der Waals surface area contributed by atoms with Gasteiger partial charge in [-0.2, -0.15) is 0 Å². The first-order valence-electron chi connectivity index (χ1n) is 7.58. The number of nitrogens with zero attached hydrogens (tertiary/aromatic N) is 1. The Kier molecular flexibility index (Phi) is 5.01.